The molecule has 0 amide bonds. The van der Waals surface area contributed by atoms with Crippen LogP contribution in [-0.4, -0.2) is 37.4 Å². The number of ether oxygens (including phenoxy) is 4. The summed E-state index contributed by atoms with van der Waals surface area (Å²) in [6, 6.07) is 6.72. The van der Waals surface area contributed by atoms with Crippen molar-refractivity contribution in [2.24, 2.45) is 11.8 Å². The van der Waals surface area contributed by atoms with Crippen LogP contribution >= 0.6 is 0 Å². The van der Waals surface area contributed by atoms with E-state index >= 15 is 0 Å². The lowest BCUT2D eigenvalue weighted by atomic mass is 9.97. The van der Waals surface area contributed by atoms with Gasteiger partial charge in [-0.15, -0.1) is 0 Å². The first-order valence-corrected chi connectivity index (χ1v) is 13.4. The van der Waals surface area contributed by atoms with Crippen LogP contribution in [0.15, 0.2) is 24.3 Å². The molecule has 0 N–H and O–H groups in total. The fraction of sp³-hybridized carbons (Fsp3) is 0.714. The van der Waals surface area contributed by atoms with Gasteiger partial charge < -0.3 is 18.9 Å². The molecule has 2 fully saturated rings. The molecule has 6 nitrogen and oxygen atoms in total. The fourth-order valence-electron chi connectivity index (χ4n) is 4.38. The summed E-state index contributed by atoms with van der Waals surface area (Å²) in [5.41, 5.74) is 0. The van der Waals surface area contributed by atoms with Crippen LogP contribution in [0.3, 0.4) is 0 Å². The van der Waals surface area contributed by atoms with Crippen LogP contribution in [0.4, 0.5) is 0 Å². The highest BCUT2D eigenvalue weighted by Crippen LogP contribution is 2.30. The highest BCUT2D eigenvalue weighted by molar-refractivity contribution is 5.77. The van der Waals surface area contributed by atoms with Crippen LogP contribution in [0.25, 0.3) is 0 Å². The number of unbranched alkanes of at least 4 members (excludes halogenated alkanes) is 8. The number of hydrogen-bond acceptors (Lipinski definition) is 6. The van der Waals surface area contributed by atoms with E-state index in [0.717, 1.165) is 38.5 Å². The highest BCUT2D eigenvalue weighted by Gasteiger charge is 2.39. The summed E-state index contributed by atoms with van der Waals surface area (Å²) < 4.78 is 22.0. The molecule has 1 aromatic carbocycles. The second kappa shape index (κ2) is 14.5. The minimum Gasteiger partial charge on any atom is -0.426 e. The molecule has 0 aromatic heterocycles. The molecule has 2 aliphatic rings. The van der Waals surface area contributed by atoms with E-state index in [0.29, 0.717) is 24.7 Å². The van der Waals surface area contributed by atoms with E-state index in [1.807, 2.05) is 0 Å². The van der Waals surface area contributed by atoms with E-state index in [4.69, 9.17) is 18.9 Å². The zero-order chi connectivity index (χ0) is 24.2. The zero-order valence-electron chi connectivity index (χ0n) is 21.0. The van der Waals surface area contributed by atoms with Crippen LogP contribution in [0.1, 0.15) is 90.9 Å². The smallest absolute Gasteiger partial charge is 0.317 e. The summed E-state index contributed by atoms with van der Waals surface area (Å²) in [5.74, 6) is 0.0129. The van der Waals surface area contributed by atoms with Crippen LogP contribution in [0.2, 0.25) is 0 Å². The first-order valence-electron chi connectivity index (χ1n) is 13.4. The van der Waals surface area contributed by atoms with E-state index < -0.39 is 0 Å². The van der Waals surface area contributed by atoms with E-state index in [1.165, 1.54) is 38.5 Å². The van der Waals surface area contributed by atoms with Gasteiger partial charge in [-0.1, -0.05) is 78.1 Å². The summed E-state index contributed by atoms with van der Waals surface area (Å²) in [6.45, 7) is 5.65. The van der Waals surface area contributed by atoms with Gasteiger partial charge in [-0.25, -0.2) is 0 Å². The largest absolute Gasteiger partial charge is 0.426 e. The minimum atomic E-state index is -0.239. The predicted molar refractivity (Wildman–Crippen MR) is 131 cm³/mol. The summed E-state index contributed by atoms with van der Waals surface area (Å²) in [7, 11) is 0. The summed E-state index contributed by atoms with van der Waals surface area (Å²) in [6.07, 6.45) is 13.2. The Morgan fingerprint density at radius 3 is 1.38 bits per heavy atom. The molecule has 34 heavy (non-hydrogen) atoms. The fourth-order valence-corrected chi connectivity index (χ4v) is 4.38. The topological polar surface area (TPSA) is 77.7 Å². The molecule has 2 aliphatic heterocycles. The third-order valence-corrected chi connectivity index (χ3v) is 6.72. The molecule has 0 bridgehead atoms. The van der Waals surface area contributed by atoms with Gasteiger partial charge in [0.15, 0.2) is 0 Å². The molecule has 1 aromatic rings. The molecule has 4 unspecified atom stereocenters. The third kappa shape index (κ3) is 9.38. The summed E-state index contributed by atoms with van der Waals surface area (Å²) >= 11 is 0. The normalized spacial score (nSPS) is 20.4. The Balaban J connectivity index is 1.44. The van der Waals surface area contributed by atoms with Gasteiger partial charge in [0, 0.05) is 0 Å². The molecule has 3 rings (SSSR count). The molecule has 4 atom stereocenters. The Labute approximate surface area is 204 Å². The molecule has 190 valence electrons. The average Bonchev–Trinajstić information content (AvgIpc) is 3.74. The number of hydrogen-bond donors (Lipinski definition) is 0. The number of esters is 2. The number of benzene rings is 1. The molecule has 2 saturated heterocycles. The van der Waals surface area contributed by atoms with Gasteiger partial charge in [-0.2, -0.15) is 0 Å². The molecular formula is C28H42O6. The number of epoxide rings is 2. The quantitative estimate of drug-likeness (QED) is 0.108. The van der Waals surface area contributed by atoms with Crippen LogP contribution in [-0.2, 0) is 19.1 Å². The van der Waals surface area contributed by atoms with Gasteiger partial charge in [0.25, 0.3) is 0 Å². The average molecular weight is 475 g/mol. The van der Waals surface area contributed by atoms with Crippen LogP contribution < -0.4 is 9.47 Å². The van der Waals surface area contributed by atoms with Crippen molar-refractivity contribution >= 4 is 11.9 Å². The Hall–Kier alpha value is -1.92. The maximum Gasteiger partial charge on any atom is 0.317 e. The lowest BCUT2D eigenvalue weighted by Gasteiger charge is -2.15. The monoisotopic (exact) mass is 474 g/mol. The lowest BCUT2D eigenvalue weighted by Crippen LogP contribution is -2.26. The Kier molecular flexibility index (Phi) is 11.4. The number of carbonyl (C=O) groups is 2. The van der Waals surface area contributed by atoms with Gasteiger partial charge in [0.05, 0.1) is 37.3 Å². The van der Waals surface area contributed by atoms with Crippen molar-refractivity contribution < 1.29 is 28.5 Å². The third-order valence-electron chi connectivity index (χ3n) is 6.72. The Bertz CT molecular complexity index is 675. The number of carbonyl (C=O) groups excluding carboxylic acids is 2. The SMILES string of the molecule is CCCCCCCC(C(=O)Oc1ccc(OC(=O)C(CCCCCCC)C2CO2)cc1)C1CO1. The van der Waals surface area contributed by atoms with Gasteiger partial charge in [-0.05, 0) is 37.1 Å². The maximum atomic E-state index is 12.7. The van der Waals surface area contributed by atoms with Gasteiger partial charge in [0.1, 0.15) is 11.5 Å². The van der Waals surface area contributed by atoms with E-state index in [2.05, 4.69) is 13.8 Å². The second-order valence-electron chi connectivity index (χ2n) is 9.68. The van der Waals surface area contributed by atoms with E-state index in [1.54, 1.807) is 24.3 Å². The molecule has 0 spiro atoms. The second-order valence-corrected chi connectivity index (χ2v) is 9.68. The van der Waals surface area contributed by atoms with Crippen molar-refractivity contribution in [3.05, 3.63) is 24.3 Å². The minimum absolute atomic E-state index is 0.0116. The van der Waals surface area contributed by atoms with E-state index in [9.17, 15) is 9.59 Å². The van der Waals surface area contributed by atoms with Crippen molar-refractivity contribution in [1.82, 2.24) is 0 Å². The molecular weight excluding hydrogens is 432 g/mol. The van der Waals surface area contributed by atoms with Gasteiger partial charge >= 0.3 is 11.9 Å². The first kappa shape index (κ1) is 26.7. The summed E-state index contributed by atoms with van der Waals surface area (Å²) in [4.78, 5) is 25.4. The number of rotatable bonds is 18. The van der Waals surface area contributed by atoms with Crippen molar-refractivity contribution in [3.8, 4) is 11.5 Å². The molecule has 6 heteroatoms. The van der Waals surface area contributed by atoms with E-state index in [-0.39, 0.29) is 36.0 Å². The lowest BCUT2D eigenvalue weighted by molar-refractivity contribution is -0.141. The van der Waals surface area contributed by atoms with Gasteiger partial charge in [0.2, 0.25) is 0 Å². The highest BCUT2D eigenvalue weighted by atomic mass is 16.6. The van der Waals surface area contributed by atoms with Crippen molar-refractivity contribution in [2.45, 2.75) is 103 Å². The standard InChI is InChI=1S/C28H42O6/c1-3-5-7-9-11-13-23(25-19-31-25)27(29)33-21-15-17-22(18-16-21)34-28(30)24(26-20-32-26)14-12-10-8-6-4-2/h15-18,23-26H,3-14,19-20H2,1-2H3. The first-order chi connectivity index (χ1) is 16.6. The maximum absolute atomic E-state index is 12.7. The van der Waals surface area contributed by atoms with Crippen molar-refractivity contribution in [2.75, 3.05) is 13.2 Å². The van der Waals surface area contributed by atoms with Crippen LogP contribution in [0, 0.1) is 11.8 Å². The van der Waals surface area contributed by atoms with Crippen molar-refractivity contribution in [3.63, 3.8) is 0 Å². The Morgan fingerprint density at radius 2 is 1.06 bits per heavy atom. The predicted octanol–water partition coefficient (Wildman–Crippen LogP) is 6.25. The van der Waals surface area contributed by atoms with Crippen molar-refractivity contribution in [1.29, 1.82) is 0 Å². The van der Waals surface area contributed by atoms with Gasteiger partial charge in [-0.3, -0.25) is 9.59 Å². The molecule has 0 saturated carbocycles. The summed E-state index contributed by atoms with van der Waals surface area (Å²) in [5, 5.41) is 0. The van der Waals surface area contributed by atoms with Crippen LogP contribution in [0.5, 0.6) is 11.5 Å². The molecule has 0 aliphatic carbocycles. The molecule has 2 heterocycles. The Morgan fingerprint density at radius 1 is 0.706 bits per heavy atom. The molecule has 0 radical (unpaired) electrons. The zero-order valence-corrected chi connectivity index (χ0v) is 21.0.